The van der Waals surface area contributed by atoms with Gasteiger partial charge in [0.2, 0.25) is 0 Å². The Bertz CT molecular complexity index is 587. The summed E-state index contributed by atoms with van der Waals surface area (Å²) in [6, 6.07) is 7.26. The van der Waals surface area contributed by atoms with Crippen LogP contribution in [0.2, 0.25) is 0 Å². The molecule has 0 fully saturated rings. The van der Waals surface area contributed by atoms with Crippen LogP contribution in [0.4, 0.5) is 0 Å². The van der Waals surface area contributed by atoms with Gasteiger partial charge in [0.1, 0.15) is 6.07 Å². The Kier molecular flexibility index (Phi) is 8.42. The topological polar surface area (TPSA) is 87.9 Å². The molecule has 0 aliphatic heterocycles. The van der Waals surface area contributed by atoms with E-state index in [4.69, 9.17) is 31.7 Å². The molecule has 2 N–H and O–H groups in total. The van der Waals surface area contributed by atoms with E-state index in [-0.39, 0.29) is 12.6 Å². The number of nitriles is 1. The Morgan fingerprint density at radius 2 is 2.22 bits per heavy atom. The van der Waals surface area contributed by atoms with E-state index in [0.717, 1.165) is 5.56 Å². The van der Waals surface area contributed by atoms with Crippen LogP contribution < -0.4 is 20.2 Å². The monoisotopic (exact) mass is 336 g/mol. The molecule has 1 atom stereocenters. The van der Waals surface area contributed by atoms with Crippen molar-refractivity contribution < 1.29 is 14.2 Å². The Morgan fingerprint density at radius 1 is 1.43 bits per heavy atom. The third-order valence-corrected chi connectivity index (χ3v) is 2.86. The van der Waals surface area contributed by atoms with Gasteiger partial charge in [-0.1, -0.05) is 0 Å². The Morgan fingerprint density at radius 3 is 2.87 bits per heavy atom. The summed E-state index contributed by atoms with van der Waals surface area (Å²) in [6.07, 6.45) is 1.60. The lowest BCUT2D eigenvalue weighted by atomic mass is 10.2. The fraction of sp³-hybridized carbons (Fsp3) is 0.400. The van der Waals surface area contributed by atoms with E-state index < -0.39 is 0 Å². The third-order valence-electron chi connectivity index (χ3n) is 2.65. The molecule has 1 aromatic rings. The SMILES string of the molecule is COC[C@@H](C)NC(=S)N/N=C\c1ccc(OCC#N)c(OC)c1. The number of hydrogen-bond donors (Lipinski definition) is 2. The molecule has 23 heavy (non-hydrogen) atoms. The van der Waals surface area contributed by atoms with Crippen LogP contribution in [0.3, 0.4) is 0 Å². The maximum Gasteiger partial charge on any atom is 0.187 e. The molecule has 0 saturated carbocycles. The van der Waals surface area contributed by atoms with Crippen molar-refractivity contribution in [2.75, 3.05) is 27.4 Å². The van der Waals surface area contributed by atoms with Crippen LogP contribution >= 0.6 is 12.2 Å². The zero-order chi connectivity index (χ0) is 17.1. The maximum atomic E-state index is 8.54. The standard InChI is InChI=1S/C15H20N4O3S/c1-11(10-20-2)18-15(23)19-17-9-12-4-5-13(22-7-6-16)14(8-12)21-3/h4-5,8-9,11H,7,10H2,1-3H3,(H2,18,19,23)/b17-9-/t11-/m1/s1. The largest absolute Gasteiger partial charge is 0.493 e. The zero-order valence-electron chi connectivity index (χ0n) is 13.3. The van der Waals surface area contributed by atoms with E-state index in [1.54, 1.807) is 31.5 Å². The highest BCUT2D eigenvalue weighted by Crippen LogP contribution is 2.27. The fourth-order valence-corrected chi connectivity index (χ4v) is 1.96. The van der Waals surface area contributed by atoms with Crippen molar-refractivity contribution in [1.82, 2.24) is 10.7 Å². The number of thiocarbonyl (C=S) groups is 1. The minimum atomic E-state index is -0.0368. The molecule has 1 aromatic carbocycles. The first-order chi connectivity index (χ1) is 11.1. The van der Waals surface area contributed by atoms with Crippen LogP contribution in [0.25, 0.3) is 0 Å². The van der Waals surface area contributed by atoms with Crippen molar-refractivity contribution in [1.29, 1.82) is 5.26 Å². The number of ether oxygens (including phenoxy) is 3. The summed E-state index contributed by atoms with van der Waals surface area (Å²) < 4.78 is 15.5. The second-order valence-corrected chi connectivity index (χ2v) is 4.97. The predicted octanol–water partition coefficient (Wildman–Crippen LogP) is 1.43. The normalized spacial score (nSPS) is 11.6. The van der Waals surface area contributed by atoms with Gasteiger partial charge in [-0.15, -0.1) is 0 Å². The highest BCUT2D eigenvalue weighted by atomic mass is 32.1. The first-order valence-electron chi connectivity index (χ1n) is 6.87. The van der Waals surface area contributed by atoms with Crippen LogP contribution in [0, 0.1) is 11.3 Å². The van der Waals surface area contributed by atoms with Gasteiger partial charge in [0.05, 0.1) is 19.9 Å². The fourth-order valence-electron chi connectivity index (χ4n) is 1.71. The molecule has 124 valence electrons. The molecule has 0 heterocycles. The van der Waals surface area contributed by atoms with Gasteiger partial charge in [-0.05, 0) is 42.9 Å². The van der Waals surface area contributed by atoms with Crippen molar-refractivity contribution in [2.24, 2.45) is 5.10 Å². The lowest BCUT2D eigenvalue weighted by Gasteiger charge is -2.13. The summed E-state index contributed by atoms with van der Waals surface area (Å²) in [7, 11) is 3.16. The lowest BCUT2D eigenvalue weighted by Crippen LogP contribution is -2.40. The summed E-state index contributed by atoms with van der Waals surface area (Å²) in [6.45, 7) is 2.46. The van der Waals surface area contributed by atoms with Gasteiger partial charge in [-0.25, -0.2) is 0 Å². The number of nitrogens with zero attached hydrogens (tertiary/aromatic N) is 2. The first-order valence-corrected chi connectivity index (χ1v) is 7.27. The number of methoxy groups -OCH3 is 2. The van der Waals surface area contributed by atoms with E-state index in [9.17, 15) is 0 Å². The van der Waals surface area contributed by atoms with E-state index in [2.05, 4.69) is 15.8 Å². The average molecular weight is 336 g/mol. The summed E-state index contributed by atoms with van der Waals surface area (Å²) in [5.74, 6) is 1.03. The highest BCUT2D eigenvalue weighted by Gasteiger charge is 2.05. The minimum Gasteiger partial charge on any atom is -0.493 e. The van der Waals surface area contributed by atoms with E-state index >= 15 is 0 Å². The van der Waals surface area contributed by atoms with Crippen molar-refractivity contribution in [2.45, 2.75) is 13.0 Å². The molecule has 0 spiro atoms. The van der Waals surface area contributed by atoms with Gasteiger partial charge in [-0.3, -0.25) is 5.43 Å². The van der Waals surface area contributed by atoms with Crippen LogP contribution in [0.1, 0.15) is 12.5 Å². The first kappa shape index (κ1) is 18.7. The molecule has 1 rings (SSSR count). The van der Waals surface area contributed by atoms with Crippen LogP contribution in [0.15, 0.2) is 23.3 Å². The van der Waals surface area contributed by atoms with Crippen molar-refractivity contribution in [3.05, 3.63) is 23.8 Å². The summed E-state index contributed by atoms with van der Waals surface area (Å²) in [5.41, 5.74) is 3.52. The molecular weight excluding hydrogens is 316 g/mol. The third kappa shape index (κ3) is 6.95. The van der Waals surface area contributed by atoms with Gasteiger partial charge in [0.25, 0.3) is 0 Å². The summed E-state index contributed by atoms with van der Waals surface area (Å²) in [5, 5.41) is 16.0. The average Bonchev–Trinajstić information content (AvgIpc) is 2.53. The molecular formula is C15H20N4O3S. The van der Waals surface area contributed by atoms with Gasteiger partial charge in [-0.2, -0.15) is 10.4 Å². The Balaban J connectivity index is 2.59. The second-order valence-electron chi connectivity index (χ2n) is 4.56. The highest BCUT2D eigenvalue weighted by molar-refractivity contribution is 7.80. The van der Waals surface area contributed by atoms with Gasteiger partial charge >= 0.3 is 0 Å². The summed E-state index contributed by atoms with van der Waals surface area (Å²) >= 11 is 5.11. The van der Waals surface area contributed by atoms with Gasteiger partial charge in [0.15, 0.2) is 23.2 Å². The molecule has 0 amide bonds. The molecule has 0 aliphatic carbocycles. The lowest BCUT2D eigenvalue weighted by molar-refractivity contribution is 0.179. The number of hydrogen-bond acceptors (Lipinski definition) is 6. The molecule has 0 bridgehead atoms. The molecule has 0 aromatic heterocycles. The second kappa shape index (κ2) is 10.4. The molecule has 0 radical (unpaired) electrons. The minimum absolute atomic E-state index is 0.0368. The molecule has 0 aliphatic rings. The van der Waals surface area contributed by atoms with E-state index in [0.29, 0.717) is 23.2 Å². The number of benzene rings is 1. The predicted molar refractivity (Wildman–Crippen MR) is 91.9 cm³/mol. The van der Waals surface area contributed by atoms with Crippen molar-refractivity contribution in [3.8, 4) is 17.6 Å². The van der Waals surface area contributed by atoms with Gasteiger partial charge < -0.3 is 19.5 Å². The number of nitrogens with one attached hydrogen (secondary N) is 2. The van der Waals surface area contributed by atoms with Crippen LogP contribution in [-0.4, -0.2) is 44.8 Å². The molecule has 0 saturated heterocycles. The van der Waals surface area contributed by atoms with E-state index in [1.807, 2.05) is 13.0 Å². The summed E-state index contributed by atoms with van der Waals surface area (Å²) in [4.78, 5) is 0. The quantitative estimate of drug-likeness (QED) is 0.422. The van der Waals surface area contributed by atoms with Crippen LogP contribution in [0.5, 0.6) is 11.5 Å². The van der Waals surface area contributed by atoms with E-state index in [1.165, 1.54) is 7.11 Å². The number of rotatable bonds is 8. The maximum absolute atomic E-state index is 8.54. The zero-order valence-corrected chi connectivity index (χ0v) is 14.1. The molecule has 7 nitrogen and oxygen atoms in total. The Hall–Kier alpha value is -2.37. The van der Waals surface area contributed by atoms with Crippen molar-refractivity contribution >= 4 is 23.5 Å². The molecule has 0 unspecified atom stereocenters. The van der Waals surface area contributed by atoms with Crippen molar-refractivity contribution in [3.63, 3.8) is 0 Å². The number of hydrazone groups is 1. The Labute approximate surface area is 141 Å². The smallest absolute Gasteiger partial charge is 0.187 e. The molecule has 8 heteroatoms. The van der Waals surface area contributed by atoms with Gasteiger partial charge in [0, 0.05) is 13.2 Å². The van der Waals surface area contributed by atoms with Crippen LogP contribution in [-0.2, 0) is 4.74 Å².